The van der Waals surface area contributed by atoms with Gasteiger partial charge in [0.2, 0.25) is 5.91 Å². The van der Waals surface area contributed by atoms with Crippen LogP contribution in [0.1, 0.15) is 91.3 Å². The van der Waals surface area contributed by atoms with Crippen LogP contribution in [0.4, 0.5) is 4.79 Å². The molecule has 2 heterocycles. The topological polar surface area (TPSA) is 147 Å². The van der Waals surface area contributed by atoms with E-state index in [1.165, 1.54) is 15.8 Å². The van der Waals surface area contributed by atoms with Crippen LogP contribution in [0, 0.1) is 5.92 Å². The lowest BCUT2D eigenvalue weighted by molar-refractivity contribution is -0.149. The summed E-state index contributed by atoms with van der Waals surface area (Å²) in [5.74, 6) is -1.30. The number of aliphatic carboxylic acids is 1. The Morgan fingerprint density at radius 1 is 1.17 bits per heavy atom. The molecule has 0 spiro atoms. The average molecular weight is 494 g/mol. The largest absolute Gasteiger partial charge is 0.480 e. The molecule has 0 bridgehead atoms. The number of carboxylic acids is 1. The first kappa shape index (κ1) is 26.9. The fraction of sp³-hybridized carbons (Fsp3) is 0.792. The van der Waals surface area contributed by atoms with Crippen molar-refractivity contribution in [2.45, 2.75) is 109 Å². The minimum Gasteiger partial charge on any atom is -0.480 e. The molecule has 0 aromatic carbocycles. The van der Waals surface area contributed by atoms with Gasteiger partial charge in [-0.05, 0) is 47.0 Å². The van der Waals surface area contributed by atoms with Crippen molar-refractivity contribution in [2.24, 2.45) is 5.92 Å². The van der Waals surface area contributed by atoms with Gasteiger partial charge >= 0.3 is 12.1 Å². The standard InChI is InChI=1S/C24H39N5O6/c1-23(2,3)35-22(33)26-17(11-15-9-7-6-8-10-15)20(30)28-14-16(12-18(28)21(31)32)29-19(13-25-27-29)24(4,5)34/h13,15-18,34H,6-12,14H2,1-5H3,(H,26,33)(H,31,32). The molecule has 3 unspecified atom stereocenters. The van der Waals surface area contributed by atoms with Gasteiger partial charge in [0, 0.05) is 13.0 Å². The molecule has 0 radical (unpaired) electrons. The van der Waals surface area contributed by atoms with Crippen molar-refractivity contribution >= 4 is 18.0 Å². The number of nitrogens with one attached hydrogen (secondary N) is 1. The Balaban J connectivity index is 1.84. The molecule has 1 aliphatic heterocycles. The van der Waals surface area contributed by atoms with Gasteiger partial charge in [0.05, 0.1) is 17.9 Å². The highest BCUT2D eigenvalue weighted by Crippen LogP contribution is 2.33. The number of carbonyl (C=O) groups is 3. The zero-order valence-electron chi connectivity index (χ0n) is 21.4. The summed E-state index contributed by atoms with van der Waals surface area (Å²) >= 11 is 0. The normalized spacial score (nSPS) is 22.6. The Bertz CT molecular complexity index is 912. The number of nitrogens with zero attached hydrogens (tertiary/aromatic N) is 4. The fourth-order valence-corrected chi connectivity index (χ4v) is 5.05. The predicted molar refractivity (Wildman–Crippen MR) is 126 cm³/mol. The summed E-state index contributed by atoms with van der Waals surface area (Å²) in [6.07, 6.45) is 6.55. The van der Waals surface area contributed by atoms with Crippen LogP contribution in [-0.4, -0.2) is 72.3 Å². The SMILES string of the molecule is CC(C)(C)OC(=O)NC(CC1CCCCC1)C(=O)N1CC(n2nncc2C(C)(C)O)CC1C(=O)O. The molecule has 35 heavy (non-hydrogen) atoms. The first-order chi connectivity index (χ1) is 16.3. The van der Waals surface area contributed by atoms with Gasteiger partial charge in [-0.3, -0.25) is 4.79 Å². The molecule has 1 aliphatic carbocycles. The molecular formula is C24H39N5O6. The molecule has 2 aliphatic rings. The number of alkyl carbamates (subject to hydrolysis) is 1. The summed E-state index contributed by atoms with van der Waals surface area (Å²) < 4.78 is 6.89. The van der Waals surface area contributed by atoms with E-state index in [0.29, 0.717) is 12.1 Å². The number of likely N-dealkylation sites (tertiary alicyclic amines) is 1. The van der Waals surface area contributed by atoms with Gasteiger partial charge in [-0.1, -0.05) is 37.3 Å². The summed E-state index contributed by atoms with van der Waals surface area (Å²) in [6.45, 7) is 8.51. The Kier molecular flexibility index (Phi) is 8.08. The van der Waals surface area contributed by atoms with Crippen LogP contribution in [0.2, 0.25) is 0 Å². The molecule has 2 fully saturated rings. The van der Waals surface area contributed by atoms with E-state index in [9.17, 15) is 24.6 Å². The number of ether oxygens (including phenoxy) is 1. The number of aliphatic hydroxyl groups is 1. The number of hydrogen-bond donors (Lipinski definition) is 3. The van der Waals surface area contributed by atoms with E-state index in [1.54, 1.807) is 34.6 Å². The molecule has 1 saturated heterocycles. The lowest BCUT2D eigenvalue weighted by Gasteiger charge is -2.31. The number of aromatic nitrogens is 3. The van der Waals surface area contributed by atoms with Crippen LogP contribution in [0.5, 0.6) is 0 Å². The molecule has 11 nitrogen and oxygen atoms in total. The summed E-state index contributed by atoms with van der Waals surface area (Å²) in [6, 6.07) is -2.44. The maximum Gasteiger partial charge on any atom is 0.408 e. The molecular weight excluding hydrogens is 454 g/mol. The third kappa shape index (κ3) is 6.93. The van der Waals surface area contributed by atoms with Crippen LogP contribution < -0.4 is 5.32 Å². The summed E-state index contributed by atoms with van der Waals surface area (Å²) in [7, 11) is 0. The number of hydrogen-bond acceptors (Lipinski definition) is 7. The van der Waals surface area contributed by atoms with Crippen molar-refractivity contribution in [3.63, 3.8) is 0 Å². The lowest BCUT2D eigenvalue weighted by atomic mass is 9.84. The minimum absolute atomic E-state index is 0.0827. The van der Waals surface area contributed by atoms with Gasteiger partial charge in [-0.2, -0.15) is 0 Å². The Hall–Kier alpha value is -2.69. The molecule has 11 heteroatoms. The summed E-state index contributed by atoms with van der Waals surface area (Å²) in [5.41, 5.74) is -1.53. The third-order valence-corrected chi connectivity index (χ3v) is 6.68. The van der Waals surface area contributed by atoms with E-state index in [-0.39, 0.29) is 18.9 Å². The van der Waals surface area contributed by atoms with Crippen molar-refractivity contribution in [1.82, 2.24) is 25.2 Å². The molecule has 3 N–H and O–H groups in total. The van der Waals surface area contributed by atoms with Crippen LogP contribution in [0.3, 0.4) is 0 Å². The lowest BCUT2D eigenvalue weighted by Crippen LogP contribution is -2.53. The Labute approximate surface area is 206 Å². The average Bonchev–Trinajstić information content (AvgIpc) is 3.39. The van der Waals surface area contributed by atoms with Gasteiger partial charge < -0.3 is 25.2 Å². The second-order valence-electron chi connectivity index (χ2n) is 11.3. The van der Waals surface area contributed by atoms with E-state index in [4.69, 9.17) is 4.74 Å². The van der Waals surface area contributed by atoms with Gasteiger partial charge in [-0.15, -0.1) is 5.10 Å². The maximum absolute atomic E-state index is 13.7. The number of carboxylic acid groups (broad SMARTS) is 1. The van der Waals surface area contributed by atoms with E-state index >= 15 is 0 Å². The van der Waals surface area contributed by atoms with Crippen molar-refractivity contribution in [3.8, 4) is 0 Å². The van der Waals surface area contributed by atoms with Crippen molar-refractivity contribution < 1.29 is 29.3 Å². The predicted octanol–water partition coefficient (Wildman–Crippen LogP) is 2.60. The van der Waals surface area contributed by atoms with Crippen molar-refractivity contribution in [2.75, 3.05) is 6.54 Å². The molecule has 1 saturated carbocycles. The first-order valence-corrected chi connectivity index (χ1v) is 12.4. The van der Waals surface area contributed by atoms with Crippen LogP contribution in [0.15, 0.2) is 6.20 Å². The van der Waals surface area contributed by atoms with Gasteiger partial charge in [0.25, 0.3) is 0 Å². The number of amides is 2. The molecule has 3 atom stereocenters. The minimum atomic E-state index is -1.23. The van der Waals surface area contributed by atoms with Crippen molar-refractivity contribution in [1.29, 1.82) is 0 Å². The van der Waals surface area contributed by atoms with E-state index in [1.807, 2.05) is 0 Å². The summed E-state index contributed by atoms with van der Waals surface area (Å²) in [4.78, 5) is 39.8. The zero-order chi connectivity index (χ0) is 26.0. The molecule has 1 aromatic heterocycles. The van der Waals surface area contributed by atoms with Gasteiger partial charge in [0.1, 0.15) is 23.3 Å². The van der Waals surface area contributed by atoms with Gasteiger partial charge in [-0.25, -0.2) is 14.3 Å². The quantitative estimate of drug-likeness (QED) is 0.525. The van der Waals surface area contributed by atoms with Gasteiger partial charge in [0.15, 0.2) is 0 Å². The molecule has 2 amide bonds. The highest BCUT2D eigenvalue weighted by Gasteiger charge is 2.45. The molecule has 196 valence electrons. The number of rotatable bonds is 7. The maximum atomic E-state index is 13.7. The fourth-order valence-electron chi connectivity index (χ4n) is 5.05. The third-order valence-electron chi connectivity index (χ3n) is 6.68. The highest BCUT2D eigenvalue weighted by molar-refractivity contribution is 5.90. The molecule has 1 aromatic rings. The monoisotopic (exact) mass is 493 g/mol. The Morgan fingerprint density at radius 3 is 2.40 bits per heavy atom. The second kappa shape index (κ2) is 10.5. The van der Waals surface area contributed by atoms with Crippen LogP contribution >= 0.6 is 0 Å². The Morgan fingerprint density at radius 2 is 1.83 bits per heavy atom. The second-order valence-corrected chi connectivity index (χ2v) is 11.3. The van der Waals surface area contributed by atoms with Crippen molar-refractivity contribution in [3.05, 3.63) is 11.9 Å². The zero-order valence-corrected chi connectivity index (χ0v) is 21.4. The summed E-state index contributed by atoms with van der Waals surface area (Å²) in [5, 5.41) is 31.1. The van der Waals surface area contributed by atoms with Crippen LogP contribution in [0.25, 0.3) is 0 Å². The molecule has 3 rings (SSSR count). The van der Waals surface area contributed by atoms with E-state index < -0.39 is 47.3 Å². The van der Waals surface area contributed by atoms with E-state index in [0.717, 1.165) is 32.1 Å². The highest BCUT2D eigenvalue weighted by atomic mass is 16.6. The first-order valence-electron chi connectivity index (χ1n) is 12.4. The van der Waals surface area contributed by atoms with Crippen LogP contribution in [-0.2, 0) is 19.9 Å². The smallest absolute Gasteiger partial charge is 0.408 e. The number of carbonyl (C=O) groups excluding carboxylic acids is 2. The van der Waals surface area contributed by atoms with E-state index in [2.05, 4.69) is 15.6 Å².